The van der Waals surface area contributed by atoms with Crippen LogP contribution in [0, 0.1) is 6.57 Å². The van der Waals surface area contributed by atoms with E-state index in [4.69, 9.17) is 11.2 Å². The Bertz CT molecular complexity index is 933. The number of benzene rings is 1. The fourth-order valence-electron chi connectivity index (χ4n) is 3.07. The molecule has 1 aliphatic rings. The third-order valence-electron chi connectivity index (χ3n) is 4.04. The maximum absolute atomic E-state index is 7.68. The van der Waals surface area contributed by atoms with Crippen molar-refractivity contribution in [3.05, 3.63) is 46.9 Å². The minimum absolute atomic E-state index is 0.210. The van der Waals surface area contributed by atoms with Crippen molar-refractivity contribution in [1.82, 2.24) is 25.8 Å². The van der Waals surface area contributed by atoms with E-state index in [2.05, 4.69) is 35.7 Å². The number of hydrogen-bond acceptors (Lipinski definition) is 6. The molecule has 8 nitrogen and oxygen atoms in total. The molecular weight excluding hydrogens is 294 g/mol. The van der Waals surface area contributed by atoms with Gasteiger partial charge in [0, 0.05) is 12.1 Å². The normalized spacial score (nSPS) is 20.1. The molecule has 0 spiro atoms. The van der Waals surface area contributed by atoms with Crippen LogP contribution in [0.5, 0.6) is 0 Å². The summed E-state index contributed by atoms with van der Waals surface area (Å²) in [7, 11) is 1.84. The highest BCUT2D eigenvalue weighted by atomic mass is 16.6. The van der Waals surface area contributed by atoms with E-state index in [-0.39, 0.29) is 5.92 Å². The molecule has 0 fully saturated rings. The van der Waals surface area contributed by atoms with E-state index >= 15 is 0 Å². The molecule has 114 valence electrons. The van der Waals surface area contributed by atoms with Crippen LogP contribution in [0.4, 0.5) is 5.82 Å². The Morgan fingerprint density at radius 1 is 1.35 bits per heavy atom. The highest BCUT2D eigenvalue weighted by Gasteiger charge is 2.41. The number of H-pyrrole nitrogens is 1. The van der Waals surface area contributed by atoms with Crippen molar-refractivity contribution in [2.45, 2.75) is 12.0 Å². The average Bonchev–Trinajstić information content (AvgIpc) is 3.22. The van der Waals surface area contributed by atoms with Crippen LogP contribution in [0.25, 0.3) is 15.9 Å². The molecule has 3 aromatic rings. The smallest absolute Gasteiger partial charge is 0.273 e. The molecule has 0 saturated carbocycles. The van der Waals surface area contributed by atoms with Crippen LogP contribution in [0.2, 0.25) is 0 Å². The predicted octanol–water partition coefficient (Wildman–Crippen LogP) is 1.67. The predicted molar refractivity (Wildman–Crippen MR) is 83.6 cm³/mol. The van der Waals surface area contributed by atoms with Gasteiger partial charge >= 0.3 is 0 Å². The van der Waals surface area contributed by atoms with Gasteiger partial charge in [0.15, 0.2) is 5.82 Å². The van der Waals surface area contributed by atoms with Gasteiger partial charge in [-0.2, -0.15) is 5.10 Å². The summed E-state index contributed by atoms with van der Waals surface area (Å²) in [6.07, 6.45) is 1.73. The Morgan fingerprint density at radius 2 is 2.26 bits per heavy atom. The van der Waals surface area contributed by atoms with Crippen molar-refractivity contribution in [2.75, 3.05) is 13.6 Å². The van der Waals surface area contributed by atoms with Gasteiger partial charge in [0.05, 0.1) is 12.1 Å². The first-order valence-corrected chi connectivity index (χ1v) is 7.16. The molecule has 0 radical (unpaired) electrons. The molecule has 2 atom stereocenters. The van der Waals surface area contributed by atoms with Crippen molar-refractivity contribution < 1.29 is 4.63 Å². The fraction of sp³-hybridized carbons (Fsp3) is 0.267. The molecule has 0 saturated heterocycles. The standard InChI is InChI=1S/C15H13N7O/c1-16-7-11-14(17-2)12(9-6-18-20-15(9)19-11)8-4-3-5-10-13(8)22-23-21-10/h3-6,12,14,16H,7H2,1H3,(H,18,20). The molecule has 23 heavy (non-hydrogen) atoms. The average molecular weight is 307 g/mol. The largest absolute Gasteiger partial charge is 0.314 e. The molecule has 2 N–H and O–H groups in total. The lowest BCUT2D eigenvalue weighted by Gasteiger charge is -2.23. The van der Waals surface area contributed by atoms with Crippen LogP contribution < -0.4 is 5.32 Å². The fourth-order valence-corrected chi connectivity index (χ4v) is 3.07. The Balaban J connectivity index is 1.94. The monoisotopic (exact) mass is 307 g/mol. The van der Waals surface area contributed by atoms with Gasteiger partial charge in [0.25, 0.3) is 6.04 Å². The van der Waals surface area contributed by atoms with Gasteiger partial charge in [0.2, 0.25) is 0 Å². The SMILES string of the molecule is [C-]#[N+]C1C(CNC)=Nc2[nH]ncc2C1c1cccc2nonc12. The molecule has 1 aliphatic heterocycles. The molecule has 0 amide bonds. The van der Waals surface area contributed by atoms with Crippen molar-refractivity contribution in [2.24, 2.45) is 4.99 Å². The van der Waals surface area contributed by atoms with E-state index in [1.807, 2.05) is 25.2 Å². The van der Waals surface area contributed by atoms with Gasteiger partial charge in [-0.15, -0.1) is 0 Å². The number of aromatic nitrogens is 4. The zero-order valence-corrected chi connectivity index (χ0v) is 12.3. The first-order valence-electron chi connectivity index (χ1n) is 7.16. The van der Waals surface area contributed by atoms with Crippen LogP contribution in [0.1, 0.15) is 17.0 Å². The van der Waals surface area contributed by atoms with E-state index in [0.29, 0.717) is 23.4 Å². The first kappa shape index (κ1) is 13.6. The molecule has 2 unspecified atom stereocenters. The van der Waals surface area contributed by atoms with Crippen molar-refractivity contribution in [1.29, 1.82) is 0 Å². The summed E-state index contributed by atoms with van der Waals surface area (Å²) < 4.78 is 4.87. The minimum Gasteiger partial charge on any atom is -0.314 e. The van der Waals surface area contributed by atoms with Crippen molar-refractivity contribution in [3.8, 4) is 0 Å². The second-order valence-electron chi connectivity index (χ2n) is 5.34. The quantitative estimate of drug-likeness (QED) is 0.718. The molecule has 4 rings (SSSR count). The van der Waals surface area contributed by atoms with E-state index in [1.54, 1.807) is 6.20 Å². The summed E-state index contributed by atoms with van der Waals surface area (Å²) in [5, 5.41) is 18.0. The van der Waals surface area contributed by atoms with Crippen LogP contribution in [-0.4, -0.2) is 45.9 Å². The Hall–Kier alpha value is -3.05. The lowest BCUT2D eigenvalue weighted by atomic mass is 9.81. The van der Waals surface area contributed by atoms with Crippen LogP contribution in [0.3, 0.4) is 0 Å². The summed E-state index contributed by atoms with van der Waals surface area (Å²) in [6, 6.07) is 5.26. The molecule has 0 aliphatic carbocycles. The maximum atomic E-state index is 7.68. The van der Waals surface area contributed by atoms with E-state index in [0.717, 1.165) is 16.8 Å². The van der Waals surface area contributed by atoms with Crippen LogP contribution in [0.15, 0.2) is 34.0 Å². The highest BCUT2D eigenvalue weighted by molar-refractivity contribution is 5.98. The van der Waals surface area contributed by atoms with Gasteiger partial charge in [-0.05, 0) is 29.0 Å². The summed E-state index contributed by atoms with van der Waals surface area (Å²) in [5.41, 5.74) is 3.91. The van der Waals surface area contributed by atoms with Crippen LogP contribution in [-0.2, 0) is 0 Å². The number of fused-ring (bicyclic) bond motifs is 2. The van der Waals surface area contributed by atoms with Gasteiger partial charge in [-0.1, -0.05) is 12.1 Å². The topological polar surface area (TPSA) is 96.3 Å². The third-order valence-corrected chi connectivity index (χ3v) is 4.04. The molecule has 3 heterocycles. The Morgan fingerprint density at radius 3 is 3.09 bits per heavy atom. The maximum Gasteiger partial charge on any atom is 0.273 e. The second-order valence-corrected chi connectivity index (χ2v) is 5.34. The van der Waals surface area contributed by atoms with Gasteiger partial charge in [0.1, 0.15) is 16.7 Å². The van der Waals surface area contributed by atoms with E-state index in [1.165, 1.54) is 0 Å². The zero-order valence-electron chi connectivity index (χ0n) is 12.3. The first-order chi connectivity index (χ1) is 11.3. The molecule has 2 aromatic heterocycles. The van der Waals surface area contributed by atoms with Gasteiger partial charge in [-0.3, -0.25) is 5.10 Å². The van der Waals surface area contributed by atoms with Gasteiger partial charge in [-0.25, -0.2) is 16.2 Å². The molecule has 8 heteroatoms. The molecule has 1 aromatic carbocycles. The molecule has 0 bridgehead atoms. The number of hydrogen-bond donors (Lipinski definition) is 2. The summed E-state index contributed by atoms with van der Waals surface area (Å²) in [6.45, 7) is 8.21. The summed E-state index contributed by atoms with van der Waals surface area (Å²) >= 11 is 0. The number of aliphatic imine (C=N–C) groups is 1. The van der Waals surface area contributed by atoms with E-state index in [9.17, 15) is 0 Å². The van der Waals surface area contributed by atoms with Crippen molar-refractivity contribution in [3.63, 3.8) is 0 Å². The summed E-state index contributed by atoms with van der Waals surface area (Å²) in [4.78, 5) is 8.39. The van der Waals surface area contributed by atoms with Gasteiger partial charge < -0.3 is 10.2 Å². The summed E-state index contributed by atoms with van der Waals surface area (Å²) in [5.74, 6) is 0.478. The lowest BCUT2D eigenvalue weighted by molar-refractivity contribution is 0.315. The highest BCUT2D eigenvalue weighted by Crippen LogP contribution is 2.41. The Labute approximate surface area is 131 Å². The zero-order chi connectivity index (χ0) is 15.8. The number of aromatic amines is 1. The van der Waals surface area contributed by atoms with Crippen molar-refractivity contribution >= 4 is 22.6 Å². The Kier molecular flexibility index (Phi) is 3.13. The third kappa shape index (κ3) is 2.02. The number of nitrogens with zero attached hydrogens (tertiary/aromatic N) is 5. The number of rotatable bonds is 3. The van der Waals surface area contributed by atoms with E-state index < -0.39 is 6.04 Å². The second kappa shape index (κ2) is 5.30. The lowest BCUT2D eigenvalue weighted by Crippen LogP contribution is -2.35. The minimum atomic E-state index is -0.421. The molecular formula is C15H13N7O. The number of nitrogens with one attached hydrogen (secondary N) is 2. The van der Waals surface area contributed by atoms with Crippen LogP contribution >= 0.6 is 0 Å².